The molecule has 0 radical (unpaired) electrons. The van der Waals surface area contributed by atoms with Crippen LogP contribution in [0.5, 0.6) is 0 Å². The molecular formula is C19H15N3O. The average molecular weight is 301 g/mol. The van der Waals surface area contributed by atoms with Crippen LogP contribution in [0.1, 0.15) is 0 Å². The summed E-state index contributed by atoms with van der Waals surface area (Å²) < 4.78 is 3.41. The molecule has 0 amide bonds. The van der Waals surface area contributed by atoms with Gasteiger partial charge in [-0.05, 0) is 29.0 Å². The van der Waals surface area contributed by atoms with Crippen molar-refractivity contribution in [2.45, 2.75) is 6.67 Å². The van der Waals surface area contributed by atoms with Crippen molar-refractivity contribution in [1.82, 2.24) is 9.13 Å². The highest BCUT2D eigenvalue weighted by Crippen LogP contribution is 2.09. The minimum atomic E-state index is -0.0387. The number of hydrogen-bond donors (Lipinski definition) is 1. The Morgan fingerprint density at radius 3 is 2.04 bits per heavy atom. The van der Waals surface area contributed by atoms with Gasteiger partial charge in [-0.2, -0.15) is 0 Å². The van der Waals surface area contributed by atoms with E-state index in [-0.39, 0.29) is 5.56 Å². The Hall–Kier alpha value is -3.14. The van der Waals surface area contributed by atoms with Crippen molar-refractivity contribution in [2.75, 3.05) is 0 Å². The van der Waals surface area contributed by atoms with Crippen LogP contribution in [0.4, 0.5) is 0 Å². The van der Waals surface area contributed by atoms with Gasteiger partial charge in [-0.1, -0.05) is 42.5 Å². The Morgan fingerprint density at radius 1 is 0.739 bits per heavy atom. The molecule has 2 aromatic heterocycles. The summed E-state index contributed by atoms with van der Waals surface area (Å²) in [6.45, 7) is 0.327. The SMILES string of the molecule is N=c1c2ccccc2ccn1Cn1ccc2ccccc2c1=O. The third kappa shape index (κ3) is 2.25. The number of pyridine rings is 2. The van der Waals surface area contributed by atoms with Gasteiger partial charge in [-0.25, -0.2) is 0 Å². The summed E-state index contributed by atoms with van der Waals surface area (Å²) in [7, 11) is 0. The predicted octanol–water partition coefficient (Wildman–Crippen LogP) is 2.94. The van der Waals surface area contributed by atoms with E-state index < -0.39 is 0 Å². The molecule has 0 aliphatic rings. The predicted molar refractivity (Wildman–Crippen MR) is 91.4 cm³/mol. The first kappa shape index (κ1) is 13.5. The summed E-state index contributed by atoms with van der Waals surface area (Å²) in [5.74, 6) is 0. The van der Waals surface area contributed by atoms with Crippen LogP contribution in [0, 0.1) is 5.41 Å². The van der Waals surface area contributed by atoms with Crippen LogP contribution in [0.25, 0.3) is 21.5 Å². The number of aromatic nitrogens is 2. The lowest BCUT2D eigenvalue weighted by atomic mass is 10.2. The summed E-state index contributed by atoms with van der Waals surface area (Å²) in [4.78, 5) is 12.6. The van der Waals surface area contributed by atoms with Crippen molar-refractivity contribution < 1.29 is 0 Å². The third-order valence-electron chi connectivity index (χ3n) is 4.13. The summed E-state index contributed by atoms with van der Waals surface area (Å²) in [5, 5.41) is 11.9. The van der Waals surface area contributed by atoms with Gasteiger partial charge in [0.25, 0.3) is 5.56 Å². The molecule has 0 bridgehead atoms. The minimum absolute atomic E-state index is 0.0387. The quantitative estimate of drug-likeness (QED) is 0.608. The smallest absolute Gasteiger partial charge is 0.259 e. The monoisotopic (exact) mass is 301 g/mol. The zero-order valence-corrected chi connectivity index (χ0v) is 12.4. The second-order valence-corrected chi connectivity index (χ2v) is 5.54. The molecule has 0 aliphatic heterocycles. The van der Waals surface area contributed by atoms with Crippen LogP contribution >= 0.6 is 0 Å². The van der Waals surface area contributed by atoms with E-state index in [1.165, 1.54) is 0 Å². The molecule has 4 heteroatoms. The van der Waals surface area contributed by atoms with E-state index >= 15 is 0 Å². The van der Waals surface area contributed by atoms with Crippen LogP contribution in [-0.4, -0.2) is 9.13 Å². The van der Waals surface area contributed by atoms with E-state index in [1.807, 2.05) is 66.9 Å². The largest absolute Gasteiger partial charge is 0.314 e. The summed E-state index contributed by atoms with van der Waals surface area (Å²) >= 11 is 0. The van der Waals surface area contributed by atoms with Gasteiger partial charge >= 0.3 is 0 Å². The van der Waals surface area contributed by atoms with E-state index in [9.17, 15) is 4.79 Å². The first-order valence-corrected chi connectivity index (χ1v) is 7.45. The Balaban J connectivity index is 1.85. The highest BCUT2D eigenvalue weighted by molar-refractivity contribution is 5.81. The summed E-state index contributed by atoms with van der Waals surface area (Å²) in [6, 6.07) is 19.3. The molecule has 112 valence electrons. The Labute approximate surface area is 132 Å². The van der Waals surface area contributed by atoms with Crippen LogP contribution in [-0.2, 0) is 6.67 Å². The number of rotatable bonds is 2. The minimum Gasteiger partial charge on any atom is -0.314 e. The van der Waals surface area contributed by atoms with Crippen molar-refractivity contribution in [3.8, 4) is 0 Å². The molecule has 0 saturated carbocycles. The number of nitrogens with one attached hydrogen (secondary N) is 1. The van der Waals surface area contributed by atoms with Gasteiger partial charge in [0.1, 0.15) is 12.2 Å². The highest BCUT2D eigenvalue weighted by Gasteiger charge is 2.04. The summed E-state index contributed by atoms with van der Waals surface area (Å²) in [6.07, 6.45) is 3.64. The topological polar surface area (TPSA) is 50.8 Å². The fourth-order valence-corrected chi connectivity index (χ4v) is 2.88. The van der Waals surface area contributed by atoms with Gasteiger partial charge in [-0.3, -0.25) is 14.8 Å². The van der Waals surface area contributed by atoms with Crippen LogP contribution in [0.15, 0.2) is 77.9 Å². The third-order valence-corrected chi connectivity index (χ3v) is 4.13. The van der Waals surface area contributed by atoms with E-state index in [1.54, 1.807) is 15.3 Å². The molecular weight excluding hydrogens is 286 g/mol. The van der Waals surface area contributed by atoms with Gasteiger partial charge in [0.2, 0.25) is 0 Å². The second-order valence-electron chi connectivity index (χ2n) is 5.54. The van der Waals surface area contributed by atoms with Crippen molar-refractivity contribution in [3.63, 3.8) is 0 Å². The molecule has 1 N–H and O–H groups in total. The number of nitrogens with zero attached hydrogens (tertiary/aromatic N) is 2. The van der Waals surface area contributed by atoms with Crippen molar-refractivity contribution >= 4 is 21.5 Å². The lowest BCUT2D eigenvalue weighted by Gasteiger charge is -2.12. The van der Waals surface area contributed by atoms with E-state index in [0.29, 0.717) is 17.5 Å². The molecule has 0 atom stereocenters. The fraction of sp³-hybridized carbons (Fsp3) is 0.0526. The lowest BCUT2D eigenvalue weighted by molar-refractivity contribution is 0.569. The summed E-state index contributed by atoms with van der Waals surface area (Å²) in [5.41, 5.74) is 0.367. The van der Waals surface area contributed by atoms with Gasteiger partial charge in [-0.15, -0.1) is 0 Å². The maximum atomic E-state index is 12.6. The molecule has 4 nitrogen and oxygen atoms in total. The fourth-order valence-electron chi connectivity index (χ4n) is 2.88. The average Bonchev–Trinajstić information content (AvgIpc) is 2.60. The maximum absolute atomic E-state index is 12.6. The normalized spacial score (nSPS) is 11.1. The van der Waals surface area contributed by atoms with E-state index in [2.05, 4.69) is 0 Å². The van der Waals surface area contributed by atoms with Gasteiger partial charge in [0, 0.05) is 23.2 Å². The van der Waals surface area contributed by atoms with Gasteiger partial charge in [0.15, 0.2) is 0 Å². The Kier molecular flexibility index (Phi) is 3.08. The number of benzene rings is 2. The van der Waals surface area contributed by atoms with Crippen molar-refractivity contribution in [3.05, 3.63) is 88.9 Å². The van der Waals surface area contributed by atoms with Crippen LogP contribution in [0.2, 0.25) is 0 Å². The molecule has 0 unspecified atom stereocenters. The lowest BCUT2D eigenvalue weighted by Crippen LogP contribution is -2.29. The standard InChI is InChI=1S/C19H15N3O/c20-18-16-7-3-1-5-14(16)9-11-21(18)13-22-12-10-15-6-2-4-8-17(15)19(22)23/h1-12,20H,13H2. The number of fused-ring (bicyclic) bond motifs is 2. The molecule has 0 fully saturated rings. The molecule has 2 heterocycles. The Bertz CT molecular complexity index is 1050. The van der Waals surface area contributed by atoms with Crippen molar-refractivity contribution in [1.29, 1.82) is 5.41 Å². The molecule has 4 rings (SSSR count). The molecule has 0 aliphatic carbocycles. The first-order chi connectivity index (χ1) is 11.2. The van der Waals surface area contributed by atoms with Crippen LogP contribution < -0.4 is 11.0 Å². The van der Waals surface area contributed by atoms with E-state index in [0.717, 1.165) is 16.2 Å². The second kappa shape index (κ2) is 5.25. The molecule has 2 aromatic carbocycles. The van der Waals surface area contributed by atoms with Gasteiger partial charge in [0.05, 0.1) is 0 Å². The van der Waals surface area contributed by atoms with E-state index in [4.69, 9.17) is 5.41 Å². The molecule has 0 spiro atoms. The van der Waals surface area contributed by atoms with Crippen LogP contribution in [0.3, 0.4) is 0 Å². The maximum Gasteiger partial charge on any atom is 0.259 e. The number of hydrogen-bond acceptors (Lipinski definition) is 2. The van der Waals surface area contributed by atoms with Crippen molar-refractivity contribution in [2.24, 2.45) is 0 Å². The zero-order chi connectivity index (χ0) is 15.8. The zero-order valence-electron chi connectivity index (χ0n) is 12.4. The molecule has 4 aromatic rings. The molecule has 0 saturated heterocycles. The first-order valence-electron chi connectivity index (χ1n) is 7.45. The Morgan fingerprint density at radius 2 is 1.30 bits per heavy atom. The van der Waals surface area contributed by atoms with Gasteiger partial charge < -0.3 is 4.57 Å². The highest BCUT2D eigenvalue weighted by atomic mass is 16.1. The molecule has 23 heavy (non-hydrogen) atoms.